The Kier molecular flexibility index (Phi) is 7.80. The van der Waals surface area contributed by atoms with Gasteiger partial charge in [-0.3, -0.25) is 29.1 Å². The summed E-state index contributed by atoms with van der Waals surface area (Å²) in [7, 11) is 0. The molecule has 2 aromatic heterocycles. The first-order chi connectivity index (χ1) is 17.7. The number of aliphatic carboxylic acids is 1. The Bertz CT molecular complexity index is 1500. The first kappa shape index (κ1) is 25.8. The smallest absolute Gasteiger partial charge is 0.305 e. The van der Waals surface area contributed by atoms with Crippen LogP contribution in [0.1, 0.15) is 33.9 Å². The van der Waals surface area contributed by atoms with E-state index in [0.29, 0.717) is 11.3 Å². The summed E-state index contributed by atoms with van der Waals surface area (Å²) in [4.78, 5) is 56.3. The van der Waals surface area contributed by atoms with E-state index in [0.717, 1.165) is 5.56 Å². The van der Waals surface area contributed by atoms with Crippen molar-refractivity contribution in [3.8, 4) is 0 Å². The van der Waals surface area contributed by atoms with E-state index in [2.05, 4.69) is 25.9 Å². The summed E-state index contributed by atoms with van der Waals surface area (Å²) in [5.74, 6) is -1.65. The Balaban J connectivity index is 1.50. The van der Waals surface area contributed by atoms with Crippen LogP contribution in [-0.4, -0.2) is 27.0 Å². The van der Waals surface area contributed by atoms with Gasteiger partial charge in [0, 0.05) is 37.0 Å². The van der Waals surface area contributed by atoms with Gasteiger partial charge in [-0.25, -0.2) is 0 Å². The average molecular weight is 540 g/mol. The molecule has 0 saturated carbocycles. The number of carbonyl (C=O) groups excluding carboxylic acids is 1. The van der Waals surface area contributed by atoms with Crippen molar-refractivity contribution in [2.45, 2.75) is 19.0 Å². The summed E-state index contributed by atoms with van der Waals surface area (Å²) in [6, 6.07) is 9.05. The minimum Gasteiger partial charge on any atom is -0.481 e. The van der Waals surface area contributed by atoms with E-state index >= 15 is 0 Å². The summed E-state index contributed by atoms with van der Waals surface area (Å²) < 4.78 is 0. The molecule has 2 heterocycles. The summed E-state index contributed by atoms with van der Waals surface area (Å²) in [6.07, 6.45) is 5.47. The van der Waals surface area contributed by atoms with Gasteiger partial charge in [0.05, 0.1) is 28.1 Å². The number of carboxylic acid groups (broad SMARTS) is 1. The number of nitrogens with zero attached hydrogens (tertiary/aromatic N) is 2. The fraction of sp³-hybridized carbons (Fsp3) is 0.120. The second-order valence-corrected chi connectivity index (χ2v) is 8.79. The van der Waals surface area contributed by atoms with Crippen LogP contribution in [0.4, 0.5) is 17.1 Å². The van der Waals surface area contributed by atoms with E-state index in [4.69, 9.17) is 23.2 Å². The summed E-state index contributed by atoms with van der Waals surface area (Å²) in [5, 5.41) is 18.1. The van der Waals surface area contributed by atoms with E-state index in [1.54, 1.807) is 42.7 Å². The van der Waals surface area contributed by atoms with Gasteiger partial charge in [-0.05, 0) is 29.3 Å². The number of halogens is 2. The summed E-state index contributed by atoms with van der Waals surface area (Å²) in [5.41, 5.74) is 0.464. The van der Waals surface area contributed by atoms with Crippen molar-refractivity contribution in [3.05, 3.63) is 108 Å². The fourth-order valence-corrected chi connectivity index (χ4v) is 4.15. The van der Waals surface area contributed by atoms with E-state index < -0.39 is 28.8 Å². The third kappa shape index (κ3) is 5.93. The van der Waals surface area contributed by atoms with Crippen LogP contribution in [0.3, 0.4) is 0 Å². The van der Waals surface area contributed by atoms with E-state index in [-0.39, 0.29) is 39.9 Å². The molecule has 0 bridgehead atoms. The Morgan fingerprint density at radius 1 is 0.919 bits per heavy atom. The highest BCUT2D eigenvalue weighted by molar-refractivity contribution is 6.40. The number of pyridine rings is 2. The number of benzene rings is 1. The lowest BCUT2D eigenvalue weighted by molar-refractivity contribution is -0.137. The molecule has 1 atom stereocenters. The van der Waals surface area contributed by atoms with Crippen LogP contribution in [0.2, 0.25) is 10.0 Å². The van der Waals surface area contributed by atoms with Crippen LogP contribution < -0.4 is 26.8 Å². The Labute approximate surface area is 220 Å². The number of rotatable bonds is 10. The zero-order chi connectivity index (χ0) is 26.5. The molecule has 0 radical (unpaired) electrons. The van der Waals surface area contributed by atoms with Gasteiger partial charge in [0.1, 0.15) is 11.4 Å². The van der Waals surface area contributed by atoms with Crippen LogP contribution in [-0.2, 0) is 11.3 Å². The molecule has 4 rings (SSSR count). The lowest BCUT2D eigenvalue weighted by atomic mass is 10.0. The number of nitrogens with one attached hydrogen (secondary N) is 3. The number of carboxylic acids is 1. The highest BCUT2D eigenvalue weighted by Crippen LogP contribution is 2.28. The monoisotopic (exact) mass is 539 g/mol. The SMILES string of the molecule is O=C(O)CC(Nc1c(NCc2cccnc2)c(=O)c1=O)c1ccc(NC(=O)c2c(Cl)cncc2Cl)cc1. The molecule has 4 N–H and O–H groups in total. The van der Waals surface area contributed by atoms with Crippen molar-refractivity contribution in [2.24, 2.45) is 0 Å². The second kappa shape index (κ2) is 11.2. The van der Waals surface area contributed by atoms with Gasteiger partial charge in [-0.1, -0.05) is 41.4 Å². The lowest BCUT2D eigenvalue weighted by Gasteiger charge is -2.22. The Hall–Kier alpha value is -4.28. The van der Waals surface area contributed by atoms with Crippen LogP contribution in [0.15, 0.2) is 70.8 Å². The quantitative estimate of drug-likeness (QED) is 0.220. The third-order valence-corrected chi connectivity index (χ3v) is 6.02. The van der Waals surface area contributed by atoms with E-state index in [1.807, 2.05) is 6.07 Å². The number of anilines is 3. The standard InChI is InChI=1S/C25H19Cl2N5O5/c26-16-11-29-12-17(27)20(16)25(37)31-15-5-3-14(4-6-15)18(8-19(33)34)32-22-21(23(35)24(22)36)30-10-13-2-1-7-28-9-13/h1-7,9,11-12,18,30,32H,8,10H2,(H,31,37)(H,33,34). The van der Waals surface area contributed by atoms with Gasteiger partial charge in [0.2, 0.25) is 0 Å². The molecular weight excluding hydrogens is 521 g/mol. The van der Waals surface area contributed by atoms with Crippen LogP contribution in [0.25, 0.3) is 0 Å². The molecule has 12 heteroatoms. The number of hydrogen-bond acceptors (Lipinski definition) is 8. The van der Waals surface area contributed by atoms with Crippen molar-refractivity contribution in [1.82, 2.24) is 9.97 Å². The minimum atomic E-state index is -1.11. The van der Waals surface area contributed by atoms with Gasteiger partial charge in [0.25, 0.3) is 16.8 Å². The van der Waals surface area contributed by atoms with Crippen LogP contribution in [0, 0.1) is 0 Å². The first-order valence-electron chi connectivity index (χ1n) is 10.9. The molecule has 10 nitrogen and oxygen atoms in total. The van der Waals surface area contributed by atoms with Gasteiger partial charge in [-0.15, -0.1) is 0 Å². The molecule has 0 aliphatic carbocycles. The number of amides is 1. The number of hydrogen-bond donors (Lipinski definition) is 4. The molecule has 37 heavy (non-hydrogen) atoms. The molecule has 0 aliphatic rings. The molecule has 4 aromatic rings. The van der Waals surface area contributed by atoms with Crippen LogP contribution >= 0.6 is 23.2 Å². The van der Waals surface area contributed by atoms with E-state index in [9.17, 15) is 24.3 Å². The molecule has 1 amide bonds. The molecule has 2 aromatic carbocycles. The van der Waals surface area contributed by atoms with Crippen molar-refractivity contribution in [1.29, 1.82) is 0 Å². The zero-order valence-electron chi connectivity index (χ0n) is 19.0. The molecule has 0 spiro atoms. The molecule has 0 aliphatic heterocycles. The summed E-state index contributed by atoms with van der Waals surface area (Å²) in [6.45, 7) is 0.261. The van der Waals surface area contributed by atoms with Gasteiger partial charge in [-0.2, -0.15) is 0 Å². The van der Waals surface area contributed by atoms with Gasteiger partial charge in [0.15, 0.2) is 0 Å². The van der Waals surface area contributed by atoms with E-state index in [1.165, 1.54) is 12.4 Å². The molecule has 0 saturated heterocycles. The highest BCUT2D eigenvalue weighted by Gasteiger charge is 2.25. The van der Waals surface area contributed by atoms with Crippen LogP contribution in [0.5, 0.6) is 0 Å². The topological polar surface area (TPSA) is 150 Å². The third-order valence-electron chi connectivity index (χ3n) is 5.45. The normalized spacial score (nSPS) is 11.6. The maximum atomic E-state index is 12.6. The Morgan fingerprint density at radius 3 is 2.22 bits per heavy atom. The predicted molar refractivity (Wildman–Crippen MR) is 140 cm³/mol. The maximum Gasteiger partial charge on any atom is 0.305 e. The first-order valence-corrected chi connectivity index (χ1v) is 11.6. The zero-order valence-corrected chi connectivity index (χ0v) is 20.5. The molecule has 0 fully saturated rings. The molecule has 188 valence electrons. The predicted octanol–water partition coefficient (Wildman–Crippen LogP) is 3.87. The summed E-state index contributed by atoms with van der Waals surface area (Å²) >= 11 is 12.1. The average Bonchev–Trinajstić information content (AvgIpc) is 2.88. The largest absolute Gasteiger partial charge is 0.481 e. The van der Waals surface area contributed by atoms with Crippen molar-refractivity contribution in [2.75, 3.05) is 16.0 Å². The molecular formula is C25H19Cl2N5O5. The van der Waals surface area contributed by atoms with Gasteiger partial charge < -0.3 is 21.1 Å². The lowest BCUT2D eigenvalue weighted by Crippen LogP contribution is -2.38. The second-order valence-electron chi connectivity index (χ2n) is 7.97. The Morgan fingerprint density at radius 2 is 1.59 bits per heavy atom. The maximum absolute atomic E-state index is 12.6. The highest BCUT2D eigenvalue weighted by atomic mass is 35.5. The van der Waals surface area contributed by atoms with Gasteiger partial charge >= 0.3 is 5.97 Å². The fourth-order valence-electron chi connectivity index (χ4n) is 3.61. The minimum absolute atomic E-state index is 0.0134. The molecule has 1 unspecified atom stereocenters. The van der Waals surface area contributed by atoms with Crippen molar-refractivity contribution >= 4 is 52.1 Å². The number of aromatic nitrogens is 2. The van der Waals surface area contributed by atoms with Crippen molar-refractivity contribution < 1.29 is 14.7 Å². The number of carbonyl (C=O) groups is 2. The van der Waals surface area contributed by atoms with Crippen molar-refractivity contribution in [3.63, 3.8) is 0 Å².